The molecule has 4 nitrogen and oxygen atoms in total. The molecule has 4 heteroatoms. The Kier molecular flexibility index (Phi) is 3.42. The molecule has 0 bridgehead atoms. The molecule has 1 amide bonds. The van der Waals surface area contributed by atoms with Crippen LogP contribution < -0.4 is 5.73 Å². The third-order valence-electron chi connectivity index (χ3n) is 2.24. The SMILES string of the molecule is CC(=O)CN1CCCCC(N)C1=O. The summed E-state index contributed by atoms with van der Waals surface area (Å²) in [7, 11) is 0. The Labute approximate surface area is 78.1 Å². The first kappa shape index (κ1) is 10.2. The fourth-order valence-corrected chi connectivity index (χ4v) is 1.56. The maximum absolute atomic E-state index is 11.5. The zero-order valence-corrected chi connectivity index (χ0v) is 7.95. The highest BCUT2D eigenvalue weighted by Gasteiger charge is 2.24. The highest BCUT2D eigenvalue weighted by molar-refractivity contribution is 5.87. The van der Waals surface area contributed by atoms with Crippen LogP contribution in [0.4, 0.5) is 0 Å². The lowest BCUT2D eigenvalue weighted by Crippen LogP contribution is -2.44. The van der Waals surface area contributed by atoms with Crippen molar-refractivity contribution in [1.82, 2.24) is 4.90 Å². The first-order valence-electron chi connectivity index (χ1n) is 4.65. The number of carbonyl (C=O) groups excluding carboxylic acids is 2. The van der Waals surface area contributed by atoms with E-state index in [1.807, 2.05) is 0 Å². The van der Waals surface area contributed by atoms with Gasteiger partial charge in [0.15, 0.2) is 0 Å². The Morgan fingerprint density at radius 3 is 2.92 bits per heavy atom. The molecule has 0 aromatic heterocycles. The Bertz CT molecular complexity index is 216. The largest absolute Gasteiger partial charge is 0.334 e. The van der Waals surface area contributed by atoms with Crippen LogP contribution >= 0.6 is 0 Å². The van der Waals surface area contributed by atoms with Crippen molar-refractivity contribution in [1.29, 1.82) is 0 Å². The number of carbonyl (C=O) groups is 2. The van der Waals surface area contributed by atoms with Crippen molar-refractivity contribution in [3.8, 4) is 0 Å². The van der Waals surface area contributed by atoms with Crippen LogP contribution in [0.15, 0.2) is 0 Å². The maximum atomic E-state index is 11.5. The van der Waals surface area contributed by atoms with Gasteiger partial charge in [-0.05, 0) is 26.2 Å². The Morgan fingerprint density at radius 2 is 2.31 bits per heavy atom. The van der Waals surface area contributed by atoms with Gasteiger partial charge in [0.05, 0.1) is 12.6 Å². The van der Waals surface area contributed by atoms with E-state index in [1.165, 1.54) is 6.92 Å². The monoisotopic (exact) mass is 184 g/mol. The molecule has 0 spiro atoms. The number of nitrogens with zero attached hydrogens (tertiary/aromatic N) is 1. The number of nitrogens with two attached hydrogens (primary N) is 1. The first-order chi connectivity index (χ1) is 6.11. The zero-order valence-electron chi connectivity index (χ0n) is 7.95. The van der Waals surface area contributed by atoms with Gasteiger partial charge >= 0.3 is 0 Å². The fraction of sp³-hybridized carbons (Fsp3) is 0.778. The van der Waals surface area contributed by atoms with Gasteiger partial charge in [-0.2, -0.15) is 0 Å². The second kappa shape index (κ2) is 4.37. The molecule has 1 heterocycles. The third-order valence-corrected chi connectivity index (χ3v) is 2.24. The molecular weight excluding hydrogens is 168 g/mol. The summed E-state index contributed by atoms with van der Waals surface area (Å²) in [5, 5.41) is 0. The minimum atomic E-state index is -0.401. The Morgan fingerprint density at radius 1 is 1.62 bits per heavy atom. The second-order valence-corrected chi connectivity index (χ2v) is 3.56. The van der Waals surface area contributed by atoms with E-state index in [-0.39, 0.29) is 18.2 Å². The molecule has 0 radical (unpaired) electrons. The van der Waals surface area contributed by atoms with Crippen LogP contribution in [0.25, 0.3) is 0 Å². The number of hydrogen-bond donors (Lipinski definition) is 1. The lowest BCUT2D eigenvalue weighted by Gasteiger charge is -2.20. The van der Waals surface area contributed by atoms with Crippen molar-refractivity contribution in [2.75, 3.05) is 13.1 Å². The molecule has 0 saturated carbocycles. The lowest BCUT2D eigenvalue weighted by molar-refractivity contribution is -0.135. The van der Waals surface area contributed by atoms with Gasteiger partial charge < -0.3 is 10.6 Å². The fourth-order valence-electron chi connectivity index (χ4n) is 1.56. The van der Waals surface area contributed by atoms with Crippen molar-refractivity contribution < 1.29 is 9.59 Å². The van der Waals surface area contributed by atoms with Crippen LogP contribution in [-0.4, -0.2) is 35.7 Å². The minimum Gasteiger partial charge on any atom is -0.334 e. The molecule has 0 aromatic rings. The van der Waals surface area contributed by atoms with Crippen LogP contribution in [0.1, 0.15) is 26.2 Å². The van der Waals surface area contributed by atoms with Gasteiger partial charge in [0, 0.05) is 6.54 Å². The molecule has 0 aliphatic carbocycles. The smallest absolute Gasteiger partial charge is 0.239 e. The quantitative estimate of drug-likeness (QED) is 0.652. The highest BCUT2D eigenvalue weighted by Crippen LogP contribution is 2.10. The van der Waals surface area contributed by atoms with Crippen molar-refractivity contribution in [2.45, 2.75) is 32.2 Å². The summed E-state index contributed by atoms with van der Waals surface area (Å²) in [4.78, 5) is 23.9. The topological polar surface area (TPSA) is 63.4 Å². The van der Waals surface area contributed by atoms with Crippen molar-refractivity contribution >= 4 is 11.7 Å². The summed E-state index contributed by atoms with van der Waals surface area (Å²) in [6, 6.07) is -0.401. The van der Waals surface area contributed by atoms with Crippen molar-refractivity contribution in [3.63, 3.8) is 0 Å². The number of amides is 1. The average Bonchev–Trinajstić information content (AvgIpc) is 2.19. The van der Waals surface area contributed by atoms with Crippen molar-refractivity contribution in [3.05, 3.63) is 0 Å². The molecule has 13 heavy (non-hydrogen) atoms. The number of likely N-dealkylation sites (tertiary alicyclic amines) is 1. The van der Waals surface area contributed by atoms with E-state index in [1.54, 1.807) is 4.90 Å². The summed E-state index contributed by atoms with van der Waals surface area (Å²) in [5.74, 6) is -0.0600. The van der Waals surface area contributed by atoms with Gasteiger partial charge in [-0.25, -0.2) is 0 Å². The van der Waals surface area contributed by atoms with Gasteiger partial charge in [0.1, 0.15) is 5.78 Å². The van der Waals surface area contributed by atoms with Gasteiger partial charge in [-0.15, -0.1) is 0 Å². The lowest BCUT2D eigenvalue weighted by atomic mass is 10.1. The molecule has 1 aliphatic rings. The Hall–Kier alpha value is -0.900. The minimum absolute atomic E-state index is 0.0162. The van der Waals surface area contributed by atoms with Gasteiger partial charge in [-0.1, -0.05) is 0 Å². The van der Waals surface area contributed by atoms with Crippen LogP contribution in [0, 0.1) is 0 Å². The van der Waals surface area contributed by atoms with E-state index in [0.717, 1.165) is 19.3 Å². The van der Waals surface area contributed by atoms with Crippen molar-refractivity contribution in [2.24, 2.45) is 5.73 Å². The summed E-state index contributed by atoms with van der Waals surface area (Å²) >= 11 is 0. The molecule has 1 saturated heterocycles. The van der Waals surface area contributed by atoms with E-state index in [0.29, 0.717) is 6.54 Å². The summed E-state index contributed by atoms with van der Waals surface area (Å²) < 4.78 is 0. The van der Waals surface area contributed by atoms with E-state index in [9.17, 15) is 9.59 Å². The standard InChI is InChI=1S/C9H16N2O2/c1-7(12)6-11-5-3-2-4-8(10)9(11)13/h8H,2-6,10H2,1H3. The normalized spacial score (nSPS) is 24.3. The molecule has 1 rings (SSSR count). The number of Topliss-reactive ketones (excluding diaryl/α,β-unsaturated/α-hetero) is 1. The summed E-state index contributed by atoms with van der Waals surface area (Å²) in [5.41, 5.74) is 5.64. The molecule has 1 aliphatic heterocycles. The Balaban J connectivity index is 2.59. The predicted octanol–water partition coefficient (Wildman–Crippen LogP) is -0.0848. The molecule has 0 aromatic carbocycles. The first-order valence-corrected chi connectivity index (χ1v) is 4.65. The van der Waals surface area contributed by atoms with E-state index >= 15 is 0 Å². The second-order valence-electron chi connectivity index (χ2n) is 3.56. The van der Waals surface area contributed by atoms with Gasteiger partial charge in [0.25, 0.3) is 0 Å². The van der Waals surface area contributed by atoms with Crippen LogP contribution in [0.3, 0.4) is 0 Å². The van der Waals surface area contributed by atoms with Gasteiger partial charge in [0.2, 0.25) is 5.91 Å². The van der Waals surface area contributed by atoms with E-state index < -0.39 is 6.04 Å². The molecule has 1 atom stereocenters. The average molecular weight is 184 g/mol. The number of ketones is 1. The predicted molar refractivity (Wildman–Crippen MR) is 49.1 cm³/mol. The van der Waals surface area contributed by atoms with E-state index in [4.69, 9.17) is 5.73 Å². The molecule has 1 unspecified atom stereocenters. The summed E-state index contributed by atoms with van der Waals surface area (Å²) in [6.45, 7) is 2.38. The van der Waals surface area contributed by atoms with Crippen LogP contribution in [0.2, 0.25) is 0 Å². The highest BCUT2D eigenvalue weighted by atomic mass is 16.2. The van der Waals surface area contributed by atoms with Gasteiger partial charge in [-0.3, -0.25) is 9.59 Å². The summed E-state index contributed by atoms with van der Waals surface area (Å²) in [6.07, 6.45) is 2.67. The number of hydrogen-bond acceptors (Lipinski definition) is 3. The number of rotatable bonds is 2. The van der Waals surface area contributed by atoms with Crippen LogP contribution in [-0.2, 0) is 9.59 Å². The third kappa shape index (κ3) is 2.81. The maximum Gasteiger partial charge on any atom is 0.239 e. The molecular formula is C9H16N2O2. The molecule has 2 N–H and O–H groups in total. The van der Waals surface area contributed by atoms with Crippen LogP contribution in [0.5, 0.6) is 0 Å². The molecule has 1 fully saturated rings. The van der Waals surface area contributed by atoms with E-state index in [2.05, 4.69) is 0 Å². The zero-order chi connectivity index (χ0) is 9.84. The molecule has 74 valence electrons.